The molecule has 0 spiro atoms. The molecule has 2 rings (SSSR count). The summed E-state index contributed by atoms with van der Waals surface area (Å²) in [5.74, 6) is -0.213. The third-order valence-corrected chi connectivity index (χ3v) is 4.39. The minimum absolute atomic E-state index is 0.0296. The molecule has 0 aliphatic carbocycles. The van der Waals surface area contributed by atoms with Gasteiger partial charge in [0.05, 0.1) is 11.5 Å². The van der Waals surface area contributed by atoms with Crippen molar-refractivity contribution in [1.82, 2.24) is 10.2 Å². The first-order valence-corrected chi connectivity index (χ1v) is 7.35. The van der Waals surface area contributed by atoms with Crippen LogP contribution >= 0.6 is 0 Å². The standard InChI is InChI=1S/C16H24FN3O/c1-11(18)14(12-6-4-5-7-13(12)17)20-9-8-16(2,10-20)15(21)19-3/h4-7,11,14H,8-10,18H2,1-3H3,(H,19,21). The Hall–Kier alpha value is -1.46. The average molecular weight is 293 g/mol. The fraction of sp³-hybridized carbons (Fsp3) is 0.562. The van der Waals surface area contributed by atoms with E-state index in [4.69, 9.17) is 5.73 Å². The molecule has 1 saturated heterocycles. The summed E-state index contributed by atoms with van der Waals surface area (Å²) in [6.07, 6.45) is 0.754. The smallest absolute Gasteiger partial charge is 0.227 e. The topological polar surface area (TPSA) is 58.4 Å². The third kappa shape index (κ3) is 3.09. The molecular weight excluding hydrogens is 269 g/mol. The van der Waals surface area contributed by atoms with E-state index in [0.717, 1.165) is 13.0 Å². The average Bonchev–Trinajstić information content (AvgIpc) is 2.83. The number of likely N-dealkylation sites (tertiary alicyclic amines) is 1. The number of nitrogens with two attached hydrogens (primary N) is 1. The van der Waals surface area contributed by atoms with Crippen LogP contribution in [0, 0.1) is 11.2 Å². The predicted octanol–water partition coefficient (Wildman–Crippen LogP) is 1.67. The number of nitrogens with zero attached hydrogens (tertiary/aromatic N) is 1. The van der Waals surface area contributed by atoms with Crippen LogP contribution in [0.3, 0.4) is 0 Å². The molecule has 1 amide bonds. The molecule has 3 N–H and O–H groups in total. The molecule has 21 heavy (non-hydrogen) atoms. The maximum Gasteiger partial charge on any atom is 0.227 e. The molecule has 1 aliphatic heterocycles. The van der Waals surface area contributed by atoms with Crippen molar-refractivity contribution in [2.45, 2.75) is 32.4 Å². The molecule has 1 aliphatic rings. The van der Waals surface area contributed by atoms with E-state index in [9.17, 15) is 9.18 Å². The molecule has 4 nitrogen and oxygen atoms in total. The molecule has 3 atom stereocenters. The highest BCUT2D eigenvalue weighted by atomic mass is 19.1. The van der Waals surface area contributed by atoms with E-state index in [-0.39, 0.29) is 23.8 Å². The lowest BCUT2D eigenvalue weighted by Gasteiger charge is -2.32. The van der Waals surface area contributed by atoms with Gasteiger partial charge >= 0.3 is 0 Å². The Labute approximate surface area is 125 Å². The van der Waals surface area contributed by atoms with E-state index in [2.05, 4.69) is 10.2 Å². The molecule has 0 aromatic heterocycles. The highest BCUT2D eigenvalue weighted by Gasteiger charge is 2.43. The van der Waals surface area contributed by atoms with Gasteiger partial charge in [0.25, 0.3) is 0 Å². The maximum atomic E-state index is 14.1. The molecule has 1 fully saturated rings. The summed E-state index contributed by atoms with van der Waals surface area (Å²) in [4.78, 5) is 14.2. The van der Waals surface area contributed by atoms with E-state index in [1.165, 1.54) is 6.07 Å². The van der Waals surface area contributed by atoms with Crippen LogP contribution < -0.4 is 11.1 Å². The van der Waals surface area contributed by atoms with Crippen LogP contribution in [0.15, 0.2) is 24.3 Å². The number of hydrogen-bond donors (Lipinski definition) is 2. The van der Waals surface area contributed by atoms with Gasteiger partial charge in [-0.15, -0.1) is 0 Å². The lowest BCUT2D eigenvalue weighted by atomic mass is 9.88. The molecule has 3 unspecified atom stereocenters. The number of hydrogen-bond acceptors (Lipinski definition) is 3. The number of carbonyl (C=O) groups excluding carboxylic acids is 1. The van der Waals surface area contributed by atoms with Crippen LogP contribution in [-0.4, -0.2) is 37.0 Å². The van der Waals surface area contributed by atoms with Gasteiger partial charge < -0.3 is 11.1 Å². The largest absolute Gasteiger partial charge is 0.359 e. The highest BCUT2D eigenvalue weighted by Crippen LogP contribution is 2.37. The Kier molecular flexibility index (Phi) is 4.64. The SMILES string of the molecule is CNC(=O)C1(C)CCN(C(c2ccccc2F)C(C)N)C1. The molecule has 0 bridgehead atoms. The minimum atomic E-state index is -0.437. The van der Waals surface area contributed by atoms with Crippen LogP contribution in [0.5, 0.6) is 0 Å². The van der Waals surface area contributed by atoms with Crippen LogP contribution in [-0.2, 0) is 4.79 Å². The van der Waals surface area contributed by atoms with Gasteiger partial charge in [-0.2, -0.15) is 0 Å². The second-order valence-corrected chi connectivity index (χ2v) is 6.19. The van der Waals surface area contributed by atoms with E-state index in [0.29, 0.717) is 12.1 Å². The van der Waals surface area contributed by atoms with Gasteiger partial charge in [-0.1, -0.05) is 18.2 Å². The molecular formula is C16H24FN3O. The van der Waals surface area contributed by atoms with Gasteiger partial charge in [0, 0.05) is 25.2 Å². The second-order valence-electron chi connectivity index (χ2n) is 6.19. The van der Waals surface area contributed by atoms with E-state index in [1.54, 1.807) is 19.2 Å². The van der Waals surface area contributed by atoms with Gasteiger partial charge in [-0.05, 0) is 32.9 Å². The summed E-state index contributed by atoms with van der Waals surface area (Å²) in [7, 11) is 1.65. The van der Waals surface area contributed by atoms with Crippen LogP contribution in [0.2, 0.25) is 0 Å². The fourth-order valence-electron chi connectivity index (χ4n) is 3.25. The quantitative estimate of drug-likeness (QED) is 0.888. The predicted molar refractivity (Wildman–Crippen MR) is 81.2 cm³/mol. The molecule has 1 aromatic rings. The zero-order valence-electron chi connectivity index (χ0n) is 12.9. The van der Waals surface area contributed by atoms with Crippen molar-refractivity contribution in [3.05, 3.63) is 35.6 Å². The Morgan fingerprint density at radius 2 is 2.14 bits per heavy atom. The normalized spacial score (nSPS) is 25.6. The van der Waals surface area contributed by atoms with Crippen molar-refractivity contribution in [3.63, 3.8) is 0 Å². The first-order chi connectivity index (χ1) is 9.89. The molecule has 5 heteroatoms. The molecule has 1 aromatic carbocycles. The van der Waals surface area contributed by atoms with E-state index < -0.39 is 5.41 Å². The summed E-state index contributed by atoms with van der Waals surface area (Å²) in [5.41, 5.74) is 6.27. The molecule has 116 valence electrons. The second kappa shape index (κ2) is 6.12. The minimum Gasteiger partial charge on any atom is -0.359 e. The summed E-state index contributed by atoms with van der Waals surface area (Å²) < 4.78 is 14.1. The first kappa shape index (κ1) is 15.9. The zero-order valence-corrected chi connectivity index (χ0v) is 12.9. The number of rotatable bonds is 4. The van der Waals surface area contributed by atoms with E-state index in [1.807, 2.05) is 19.9 Å². The first-order valence-electron chi connectivity index (χ1n) is 7.35. The number of benzene rings is 1. The number of carbonyl (C=O) groups is 1. The van der Waals surface area contributed by atoms with E-state index >= 15 is 0 Å². The van der Waals surface area contributed by atoms with Gasteiger partial charge in [0.2, 0.25) is 5.91 Å². The molecule has 0 radical (unpaired) electrons. The number of amides is 1. The Morgan fingerprint density at radius 3 is 2.71 bits per heavy atom. The summed E-state index contributed by atoms with van der Waals surface area (Å²) >= 11 is 0. The third-order valence-electron chi connectivity index (χ3n) is 4.39. The summed E-state index contributed by atoms with van der Waals surface area (Å²) in [5, 5.41) is 2.72. The van der Waals surface area contributed by atoms with Crippen molar-refractivity contribution >= 4 is 5.91 Å². The van der Waals surface area contributed by atoms with Gasteiger partial charge in [0.1, 0.15) is 5.82 Å². The maximum absolute atomic E-state index is 14.1. The summed E-state index contributed by atoms with van der Waals surface area (Å²) in [6.45, 7) is 5.16. The summed E-state index contributed by atoms with van der Waals surface area (Å²) in [6, 6.07) is 6.31. The van der Waals surface area contributed by atoms with Crippen molar-refractivity contribution in [2.75, 3.05) is 20.1 Å². The van der Waals surface area contributed by atoms with Crippen LogP contribution in [0.4, 0.5) is 4.39 Å². The Morgan fingerprint density at radius 1 is 1.48 bits per heavy atom. The van der Waals surface area contributed by atoms with Gasteiger partial charge in [-0.3, -0.25) is 9.69 Å². The Balaban J connectivity index is 2.26. The van der Waals surface area contributed by atoms with Gasteiger partial charge in [0.15, 0.2) is 0 Å². The molecule has 1 heterocycles. The number of nitrogens with one attached hydrogen (secondary N) is 1. The number of halogens is 1. The lowest BCUT2D eigenvalue weighted by Crippen LogP contribution is -2.43. The van der Waals surface area contributed by atoms with Crippen LogP contribution in [0.1, 0.15) is 31.9 Å². The van der Waals surface area contributed by atoms with Crippen molar-refractivity contribution in [3.8, 4) is 0 Å². The fourth-order valence-corrected chi connectivity index (χ4v) is 3.25. The van der Waals surface area contributed by atoms with Crippen molar-refractivity contribution < 1.29 is 9.18 Å². The van der Waals surface area contributed by atoms with Crippen molar-refractivity contribution in [2.24, 2.45) is 11.1 Å². The zero-order chi connectivity index (χ0) is 15.6. The monoisotopic (exact) mass is 293 g/mol. The lowest BCUT2D eigenvalue weighted by molar-refractivity contribution is -0.129. The van der Waals surface area contributed by atoms with Gasteiger partial charge in [-0.25, -0.2) is 4.39 Å². The molecule has 0 saturated carbocycles. The highest BCUT2D eigenvalue weighted by molar-refractivity contribution is 5.82. The Bertz CT molecular complexity index is 520. The van der Waals surface area contributed by atoms with Crippen molar-refractivity contribution in [1.29, 1.82) is 0 Å². The van der Waals surface area contributed by atoms with Crippen LogP contribution in [0.25, 0.3) is 0 Å².